The van der Waals surface area contributed by atoms with Gasteiger partial charge in [-0.2, -0.15) is 5.26 Å². The van der Waals surface area contributed by atoms with E-state index in [4.69, 9.17) is 5.26 Å². The summed E-state index contributed by atoms with van der Waals surface area (Å²) in [5.74, 6) is 0. The molecule has 0 N–H and O–H groups in total. The second-order valence-electron chi connectivity index (χ2n) is 8.68. The van der Waals surface area contributed by atoms with Gasteiger partial charge in [0, 0.05) is 13.5 Å². The maximum absolute atomic E-state index is 14.8. The highest BCUT2D eigenvalue weighted by atomic mass is 19.1. The molecule has 0 radical (unpaired) electrons. The number of nitriles is 1. The number of rotatable bonds is 9. The van der Waals surface area contributed by atoms with E-state index in [2.05, 4.69) is 36.2 Å². The molecule has 0 aromatic heterocycles. The van der Waals surface area contributed by atoms with Gasteiger partial charge in [0.2, 0.25) is 0 Å². The van der Waals surface area contributed by atoms with Crippen molar-refractivity contribution in [2.24, 2.45) is 0 Å². The molecular formula is C26H32F2N2. The molecule has 2 nitrogen and oxygen atoms in total. The maximum atomic E-state index is 14.8. The minimum absolute atomic E-state index is 0.543. The third-order valence-electron chi connectivity index (χ3n) is 6.06. The van der Waals surface area contributed by atoms with Gasteiger partial charge in [-0.05, 0) is 80.8 Å². The third-order valence-corrected chi connectivity index (χ3v) is 6.06. The van der Waals surface area contributed by atoms with Gasteiger partial charge in [0.1, 0.15) is 11.3 Å². The highest BCUT2D eigenvalue weighted by molar-refractivity contribution is 5.44. The summed E-state index contributed by atoms with van der Waals surface area (Å²) in [6.45, 7) is 3.48. The fourth-order valence-electron chi connectivity index (χ4n) is 3.90. The molecule has 0 heterocycles. The van der Waals surface area contributed by atoms with Crippen molar-refractivity contribution >= 4 is 0 Å². The average Bonchev–Trinajstić information content (AvgIpc) is 3.67. The number of nitrogens with zero attached hydrogens (tertiary/aromatic N) is 2. The van der Waals surface area contributed by atoms with Crippen LogP contribution in [0.3, 0.4) is 0 Å². The van der Waals surface area contributed by atoms with E-state index in [-0.39, 0.29) is 0 Å². The summed E-state index contributed by atoms with van der Waals surface area (Å²) < 4.78 is 29.4. The molecule has 0 spiro atoms. The largest absolute Gasteiger partial charge is 0.306 e. The Morgan fingerprint density at radius 3 is 2.07 bits per heavy atom. The number of hydrogen-bond acceptors (Lipinski definition) is 2. The van der Waals surface area contributed by atoms with Crippen LogP contribution in [0.1, 0.15) is 61.3 Å². The Labute approximate surface area is 179 Å². The van der Waals surface area contributed by atoms with Crippen LogP contribution in [0.5, 0.6) is 0 Å². The molecule has 2 aliphatic carbocycles. The van der Waals surface area contributed by atoms with E-state index < -0.39 is 11.3 Å². The number of likely N-dealkylation sites (N-methyl/N-ethyl adjacent to an activating group) is 1. The van der Waals surface area contributed by atoms with Crippen LogP contribution in [-0.4, -0.2) is 25.0 Å². The topological polar surface area (TPSA) is 27.0 Å². The molecule has 0 saturated heterocycles. The molecule has 30 heavy (non-hydrogen) atoms. The third kappa shape index (κ3) is 5.89. The molecule has 4 rings (SSSR count). The van der Waals surface area contributed by atoms with Crippen LogP contribution in [0.15, 0.2) is 48.5 Å². The van der Waals surface area contributed by atoms with Crippen molar-refractivity contribution in [3.8, 4) is 6.07 Å². The molecule has 2 fully saturated rings. The zero-order valence-corrected chi connectivity index (χ0v) is 18.1. The Kier molecular flexibility index (Phi) is 7.26. The fourth-order valence-corrected chi connectivity index (χ4v) is 3.90. The number of benzene rings is 2. The molecule has 4 heteroatoms. The SMILES string of the molecule is CC#N.CN(CCCc1ccc(C2(F)CC2)c(C2(F)CC2)c1)CCc1ccccc1. The maximum Gasteiger partial charge on any atom is 0.136 e. The molecule has 0 amide bonds. The Morgan fingerprint density at radius 1 is 0.867 bits per heavy atom. The minimum Gasteiger partial charge on any atom is -0.306 e. The predicted octanol–water partition coefficient (Wildman–Crippen LogP) is 6.24. The van der Waals surface area contributed by atoms with E-state index in [9.17, 15) is 8.78 Å². The second kappa shape index (κ2) is 9.71. The molecule has 2 saturated carbocycles. The van der Waals surface area contributed by atoms with E-state index in [1.807, 2.05) is 24.3 Å². The summed E-state index contributed by atoms with van der Waals surface area (Å²) in [7, 11) is 2.15. The van der Waals surface area contributed by atoms with Gasteiger partial charge < -0.3 is 4.90 Å². The van der Waals surface area contributed by atoms with Crippen molar-refractivity contribution in [3.05, 3.63) is 70.8 Å². The molecule has 2 aromatic carbocycles. The van der Waals surface area contributed by atoms with E-state index in [0.717, 1.165) is 37.9 Å². The zero-order valence-electron chi connectivity index (χ0n) is 18.1. The van der Waals surface area contributed by atoms with Crippen LogP contribution in [-0.2, 0) is 24.2 Å². The monoisotopic (exact) mass is 410 g/mol. The standard InChI is InChI=1S/C24H29F2N.C2H3N/c1-27(17-11-19-6-3-2-4-7-19)16-5-8-20-9-10-21(23(25)12-13-23)22(18-20)24(26)14-15-24;1-2-3/h2-4,6-7,9-10,18H,5,8,11-17H2,1H3;1H3. The summed E-state index contributed by atoms with van der Waals surface area (Å²) in [5.41, 5.74) is 1.23. The van der Waals surface area contributed by atoms with Crippen LogP contribution >= 0.6 is 0 Å². The Bertz CT molecular complexity index is 864. The zero-order chi connectivity index (χ0) is 21.6. The number of alkyl halides is 2. The van der Waals surface area contributed by atoms with Gasteiger partial charge in [0.25, 0.3) is 0 Å². The average molecular weight is 411 g/mol. The molecule has 160 valence electrons. The lowest BCUT2D eigenvalue weighted by molar-refractivity contribution is 0.283. The van der Waals surface area contributed by atoms with Gasteiger partial charge in [-0.1, -0.05) is 48.5 Å². The highest BCUT2D eigenvalue weighted by Gasteiger charge is 2.53. The summed E-state index contributed by atoms with van der Waals surface area (Å²) in [4.78, 5) is 2.35. The molecule has 2 aliphatic rings. The summed E-state index contributed by atoms with van der Waals surface area (Å²) in [6.07, 6.45) is 5.17. The molecular weight excluding hydrogens is 378 g/mol. The van der Waals surface area contributed by atoms with E-state index in [1.54, 1.807) is 6.07 Å². The van der Waals surface area contributed by atoms with Crippen molar-refractivity contribution < 1.29 is 8.78 Å². The summed E-state index contributed by atoms with van der Waals surface area (Å²) >= 11 is 0. The number of aryl methyl sites for hydroxylation is 1. The lowest BCUT2D eigenvalue weighted by Gasteiger charge is -2.19. The van der Waals surface area contributed by atoms with E-state index in [1.165, 1.54) is 12.5 Å². The van der Waals surface area contributed by atoms with Gasteiger partial charge in [-0.3, -0.25) is 0 Å². The molecule has 0 aliphatic heterocycles. The van der Waals surface area contributed by atoms with Crippen LogP contribution in [0, 0.1) is 11.3 Å². The first-order chi connectivity index (χ1) is 14.4. The van der Waals surface area contributed by atoms with Crippen molar-refractivity contribution in [1.82, 2.24) is 4.90 Å². The molecule has 0 unspecified atom stereocenters. The smallest absolute Gasteiger partial charge is 0.136 e. The second-order valence-corrected chi connectivity index (χ2v) is 8.68. The first-order valence-electron chi connectivity index (χ1n) is 11.0. The van der Waals surface area contributed by atoms with Crippen molar-refractivity contribution in [2.45, 2.75) is 63.2 Å². The van der Waals surface area contributed by atoms with Crippen LogP contribution in [0.2, 0.25) is 0 Å². The van der Waals surface area contributed by atoms with Gasteiger partial charge in [0.15, 0.2) is 0 Å². The molecule has 0 bridgehead atoms. The van der Waals surface area contributed by atoms with Crippen LogP contribution in [0.4, 0.5) is 8.78 Å². The molecule has 2 aromatic rings. The minimum atomic E-state index is -1.26. The molecule has 0 atom stereocenters. The van der Waals surface area contributed by atoms with Crippen LogP contribution < -0.4 is 0 Å². The Balaban J connectivity index is 0.000000806. The lowest BCUT2D eigenvalue weighted by Crippen LogP contribution is -2.22. The Hall–Kier alpha value is -2.25. The van der Waals surface area contributed by atoms with E-state index >= 15 is 0 Å². The Morgan fingerprint density at radius 2 is 1.47 bits per heavy atom. The first kappa shape index (κ1) is 22.4. The van der Waals surface area contributed by atoms with Gasteiger partial charge in [0.05, 0.1) is 6.07 Å². The predicted molar refractivity (Wildman–Crippen MR) is 118 cm³/mol. The fraction of sp³-hybridized carbons (Fsp3) is 0.500. The van der Waals surface area contributed by atoms with Crippen molar-refractivity contribution in [1.29, 1.82) is 5.26 Å². The van der Waals surface area contributed by atoms with Gasteiger partial charge in [-0.15, -0.1) is 0 Å². The van der Waals surface area contributed by atoms with Gasteiger partial charge in [-0.25, -0.2) is 8.78 Å². The summed E-state index contributed by atoms with van der Waals surface area (Å²) in [6, 6.07) is 18.1. The van der Waals surface area contributed by atoms with E-state index in [0.29, 0.717) is 36.8 Å². The normalized spacial score (nSPS) is 17.6. The highest BCUT2D eigenvalue weighted by Crippen LogP contribution is 2.58. The van der Waals surface area contributed by atoms with Crippen molar-refractivity contribution in [3.63, 3.8) is 0 Å². The van der Waals surface area contributed by atoms with Crippen molar-refractivity contribution in [2.75, 3.05) is 20.1 Å². The number of hydrogen-bond donors (Lipinski definition) is 0. The van der Waals surface area contributed by atoms with Gasteiger partial charge >= 0.3 is 0 Å². The first-order valence-corrected chi connectivity index (χ1v) is 11.0. The lowest BCUT2D eigenvalue weighted by atomic mass is 9.93. The van der Waals surface area contributed by atoms with Crippen LogP contribution in [0.25, 0.3) is 0 Å². The number of halogens is 2. The quantitative estimate of drug-likeness (QED) is 0.489. The summed E-state index contributed by atoms with van der Waals surface area (Å²) in [5, 5.41) is 7.32.